The summed E-state index contributed by atoms with van der Waals surface area (Å²) in [5, 5.41) is 12.9. The first kappa shape index (κ1) is 15.7. The van der Waals surface area contributed by atoms with Crippen LogP contribution in [0.3, 0.4) is 0 Å². The molecule has 0 aliphatic carbocycles. The summed E-state index contributed by atoms with van der Waals surface area (Å²) in [5.41, 5.74) is 0.407. The molecule has 0 saturated carbocycles. The van der Waals surface area contributed by atoms with E-state index < -0.39 is 5.60 Å². The third-order valence-electron chi connectivity index (χ3n) is 2.69. The molecule has 1 aromatic rings. The van der Waals surface area contributed by atoms with Crippen LogP contribution in [0.1, 0.15) is 26.3 Å². The quantitative estimate of drug-likeness (QED) is 0.814. The van der Waals surface area contributed by atoms with Crippen molar-refractivity contribution in [2.24, 2.45) is 0 Å². The van der Waals surface area contributed by atoms with Crippen molar-refractivity contribution < 1.29 is 14.6 Å². The number of hydrogen-bond donors (Lipinski definition) is 2. The number of carbonyl (C=O) groups is 1. The summed E-state index contributed by atoms with van der Waals surface area (Å²) >= 11 is 0. The van der Waals surface area contributed by atoms with Gasteiger partial charge >= 0.3 is 0 Å². The highest BCUT2D eigenvalue weighted by molar-refractivity contribution is 5.37. The van der Waals surface area contributed by atoms with E-state index in [2.05, 4.69) is 22.2 Å². The molecule has 0 bridgehead atoms. The van der Waals surface area contributed by atoms with E-state index in [4.69, 9.17) is 0 Å². The fourth-order valence-electron chi connectivity index (χ4n) is 1.66. The fraction of sp³-hybridized carbons (Fsp3) is 0.533. The molecule has 4 heteroatoms. The molecule has 1 aromatic carbocycles. The highest BCUT2D eigenvalue weighted by Gasteiger charge is 2.33. The first-order chi connectivity index (χ1) is 8.85. The van der Waals surface area contributed by atoms with Crippen LogP contribution in [0.2, 0.25) is 0 Å². The lowest BCUT2D eigenvalue weighted by molar-refractivity contribution is -0.138. The van der Waals surface area contributed by atoms with Gasteiger partial charge in [0.15, 0.2) is 0 Å². The zero-order chi connectivity index (χ0) is 14.4. The maximum absolute atomic E-state index is 9.80. The molecule has 1 aliphatic heterocycles. The summed E-state index contributed by atoms with van der Waals surface area (Å²) < 4.78 is 4.55. The van der Waals surface area contributed by atoms with Gasteiger partial charge in [-0.1, -0.05) is 30.3 Å². The molecule has 0 radical (unpaired) electrons. The molecule has 1 fully saturated rings. The molecule has 106 valence electrons. The van der Waals surface area contributed by atoms with E-state index in [1.807, 2.05) is 39.0 Å². The van der Waals surface area contributed by atoms with Crippen molar-refractivity contribution in [1.82, 2.24) is 5.32 Å². The minimum atomic E-state index is -0.485. The molecule has 0 spiro atoms. The molecule has 2 N–H and O–H groups in total. The number of nitrogens with one attached hydrogen (secondary N) is 1. The van der Waals surface area contributed by atoms with Crippen molar-refractivity contribution in [1.29, 1.82) is 0 Å². The van der Waals surface area contributed by atoms with Crippen molar-refractivity contribution in [3.63, 3.8) is 0 Å². The van der Waals surface area contributed by atoms with Gasteiger partial charge in [0.25, 0.3) is 6.47 Å². The molecule has 0 amide bonds. The number of aliphatic hydroxyl groups is 1. The third-order valence-corrected chi connectivity index (χ3v) is 2.69. The summed E-state index contributed by atoms with van der Waals surface area (Å²) in [6.07, 6.45) is 0.765. The van der Waals surface area contributed by atoms with Gasteiger partial charge < -0.3 is 15.2 Å². The Labute approximate surface area is 114 Å². The van der Waals surface area contributed by atoms with E-state index in [1.165, 1.54) is 5.56 Å². The summed E-state index contributed by atoms with van der Waals surface area (Å²) in [6, 6.07) is 10.1. The molecule has 2 rings (SSSR count). The van der Waals surface area contributed by atoms with Crippen LogP contribution in [-0.2, 0) is 16.0 Å². The lowest BCUT2D eigenvalue weighted by Crippen LogP contribution is -2.60. The summed E-state index contributed by atoms with van der Waals surface area (Å²) in [5.74, 6) is 0. The molecule has 1 heterocycles. The maximum atomic E-state index is 9.80. The summed E-state index contributed by atoms with van der Waals surface area (Å²) in [7, 11) is 0. The van der Waals surface area contributed by atoms with Gasteiger partial charge in [0.2, 0.25) is 0 Å². The van der Waals surface area contributed by atoms with Gasteiger partial charge in [-0.2, -0.15) is 0 Å². The normalized spacial score (nSPS) is 16.6. The molecule has 0 atom stereocenters. The molecule has 1 saturated heterocycles. The van der Waals surface area contributed by atoms with E-state index in [0.717, 1.165) is 19.5 Å². The van der Waals surface area contributed by atoms with Gasteiger partial charge in [-0.25, -0.2) is 0 Å². The van der Waals surface area contributed by atoms with Crippen LogP contribution in [-0.4, -0.2) is 35.9 Å². The molecule has 4 nitrogen and oxygen atoms in total. The molecule has 19 heavy (non-hydrogen) atoms. The largest absolute Gasteiger partial charge is 0.462 e. The molecular formula is C15H23NO3. The minimum Gasteiger partial charge on any atom is -0.462 e. The predicted octanol–water partition coefficient (Wildman–Crippen LogP) is 1.52. The van der Waals surface area contributed by atoms with E-state index in [9.17, 15) is 9.90 Å². The molecule has 1 aliphatic rings. The van der Waals surface area contributed by atoms with Crippen LogP contribution in [0.5, 0.6) is 0 Å². The zero-order valence-corrected chi connectivity index (χ0v) is 11.8. The topological polar surface area (TPSA) is 58.6 Å². The first-order valence-electron chi connectivity index (χ1n) is 6.43. The Morgan fingerprint density at radius 3 is 2.21 bits per heavy atom. The lowest BCUT2D eigenvalue weighted by Gasteiger charge is -2.37. The SMILES string of the molecule is CC(C)(C)OC=O.OC1(Cc2ccccc2)CNC1. The highest BCUT2D eigenvalue weighted by atomic mass is 16.5. The Kier molecular flexibility index (Phi) is 5.51. The number of rotatable bonds is 3. The van der Waals surface area contributed by atoms with Crippen molar-refractivity contribution in [3.8, 4) is 0 Å². The second-order valence-electron chi connectivity index (χ2n) is 5.82. The zero-order valence-electron chi connectivity index (χ0n) is 11.8. The van der Waals surface area contributed by atoms with E-state index in [0.29, 0.717) is 6.47 Å². The van der Waals surface area contributed by atoms with E-state index >= 15 is 0 Å². The average molecular weight is 265 g/mol. The van der Waals surface area contributed by atoms with Gasteiger partial charge in [-0.15, -0.1) is 0 Å². The van der Waals surface area contributed by atoms with Crippen LogP contribution in [0.25, 0.3) is 0 Å². The van der Waals surface area contributed by atoms with Gasteiger partial charge in [0.05, 0.1) is 5.60 Å². The maximum Gasteiger partial charge on any atom is 0.293 e. The summed E-state index contributed by atoms with van der Waals surface area (Å²) in [6.45, 7) is 7.37. The average Bonchev–Trinajstić information content (AvgIpc) is 2.27. The van der Waals surface area contributed by atoms with Crippen LogP contribution >= 0.6 is 0 Å². The van der Waals surface area contributed by atoms with Crippen LogP contribution < -0.4 is 5.32 Å². The number of carbonyl (C=O) groups excluding carboxylic acids is 1. The Balaban J connectivity index is 0.000000224. The highest BCUT2D eigenvalue weighted by Crippen LogP contribution is 2.17. The first-order valence-corrected chi connectivity index (χ1v) is 6.43. The third kappa shape index (κ3) is 6.36. The Morgan fingerprint density at radius 2 is 1.89 bits per heavy atom. The summed E-state index contributed by atoms with van der Waals surface area (Å²) in [4.78, 5) is 9.60. The van der Waals surface area contributed by atoms with Crippen molar-refractivity contribution >= 4 is 6.47 Å². The van der Waals surface area contributed by atoms with Gasteiger partial charge in [-0.05, 0) is 26.3 Å². The Bertz CT molecular complexity index is 380. The van der Waals surface area contributed by atoms with Gasteiger partial charge in [-0.3, -0.25) is 4.79 Å². The monoisotopic (exact) mass is 265 g/mol. The van der Waals surface area contributed by atoms with Crippen LogP contribution in [0.15, 0.2) is 30.3 Å². The Hall–Kier alpha value is -1.39. The lowest BCUT2D eigenvalue weighted by atomic mass is 9.89. The fourth-order valence-corrected chi connectivity index (χ4v) is 1.66. The van der Waals surface area contributed by atoms with Gasteiger partial charge in [0, 0.05) is 19.5 Å². The van der Waals surface area contributed by atoms with E-state index in [1.54, 1.807) is 0 Å². The predicted molar refractivity (Wildman–Crippen MR) is 74.9 cm³/mol. The molecular weight excluding hydrogens is 242 g/mol. The standard InChI is InChI=1S/C10H13NO.C5H10O2/c12-10(7-11-8-10)6-9-4-2-1-3-5-9;1-5(2,3)7-4-6/h1-5,11-12H,6-8H2;4H,1-3H3. The van der Waals surface area contributed by atoms with Crippen LogP contribution in [0, 0.1) is 0 Å². The minimum absolute atomic E-state index is 0.318. The van der Waals surface area contributed by atoms with Crippen molar-refractivity contribution in [2.45, 2.75) is 38.4 Å². The number of ether oxygens (including phenoxy) is 1. The number of hydrogen-bond acceptors (Lipinski definition) is 4. The molecule has 0 unspecified atom stereocenters. The second-order valence-corrected chi connectivity index (χ2v) is 5.82. The Morgan fingerprint density at radius 1 is 1.32 bits per heavy atom. The van der Waals surface area contributed by atoms with Crippen molar-refractivity contribution in [2.75, 3.05) is 13.1 Å². The van der Waals surface area contributed by atoms with Crippen LogP contribution in [0.4, 0.5) is 0 Å². The molecule has 0 aromatic heterocycles. The smallest absolute Gasteiger partial charge is 0.293 e. The second kappa shape index (κ2) is 6.68. The number of benzene rings is 1. The van der Waals surface area contributed by atoms with E-state index in [-0.39, 0.29) is 5.60 Å². The van der Waals surface area contributed by atoms with Gasteiger partial charge in [0.1, 0.15) is 5.60 Å². The van der Waals surface area contributed by atoms with Crippen molar-refractivity contribution in [3.05, 3.63) is 35.9 Å². The number of β-amino-alcohol motifs (C(OH)–C–C–N with tert-alkyl or cyclic N) is 1.